The minimum atomic E-state index is -0.0503. The Labute approximate surface area is 157 Å². The van der Waals surface area contributed by atoms with Gasteiger partial charge in [-0.15, -0.1) is 0 Å². The van der Waals surface area contributed by atoms with Crippen LogP contribution in [-0.2, 0) is 29.7 Å². The molecule has 6 nitrogen and oxygen atoms in total. The summed E-state index contributed by atoms with van der Waals surface area (Å²) in [5.41, 5.74) is 4.97. The quantitative estimate of drug-likeness (QED) is 0.714. The summed E-state index contributed by atoms with van der Waals surface area (Å²) in [5.74, 6) is 0.726. The molecule has 0 spiro atoms. The summed E-state index contributed by atoms with van der Waals surface area (Å²) < 4.78 is 12.7. The van der Waals surface area contributed by atoms with Crippen LogP contribution in [0.15, 0.2) is 54.9 Å². The lowest BCUT2D eigenvalue weighted by Gasteiger charge is -2.23. The first kappa shape index (κ1) is 17.3. The van der Waals surface area contributed by atoms with Gasteiger partial charge in [-0.05, 0) is 35.4 Å². The number of carbonyl (C=O) groups excluding carboxylic acids is 1. The van der Waals surface area contributed by atoms with Crippen LogP contribution >= 0.6 is 0 Å². The fraction of sp³-hybridized carbons (Fsp3) is 0.238. The van der Waals surface area contributed by atoms with E-state index >= 15 is 0 Å². The Morgan fingerprint density at radius 2 is 2.04 bits per heavy atom. The molecule has 0 bridgehead atoms. The van der Waals surface area contributed by atoms with Gasteiger partial charge in [-0.25, -0.2) is 0 Å². The molecular formula is C21H21N3O3. The maximum Gasteiger partial charge on any atom is 0.253 e. The van der Waals surface area contributed by atoms with Crippen molar-refractivity contribution >= 4 is 11.6 Å². The molecule has 0 saturated carbocycles. The lowest BCUT2D eigenvalue weighted by molar-refractivity contribution is -0.123. The number of hydrogen-bond acceptors (Lipinski definition) is 4. The Kier molecular flexibility index (Phi) is 4.64. The van der Waals surface area contributed by atoms with Crippen molar-refractivity contribution in [2.24, 2.45) is 7.05 Å². The van der Waals surface area contributed by atoms with Crippen molar-refractivity contribution in [1.82, 2.24) is 9.78 Å². The number of benzene rings is 2. The van der Waals surface area contributed by atoms with Crippen LogP contribution in [-0.4, -0.2) is 29.4 Å². The minimum absolute atomic E-state index is 0.0503. The molecule has 2 heterocycles. The molecule has 1 amide bonds. The molecule has 1 aliphatic heterocycles. The summed E-state index contributed by atoms with van der Waals surface area (Å²) in [5, 5.41) is 4.23. The second-order valence-electron chi connectivity index (χ2n) is 6.57. The third kappa shape index (κ3) is 3.57. The zero-order chi connectivity index (χ0) is 18.8. The third-order valence-corrected chi connectivity index (χ3v) is 4.67. The van der Waals surface area contributed by atoms with Crippen LogP contribution in [0.25, 0.3) is 11.1 Å². The number of fused-ring (bicyclic) bond motifs is 1. The maximum absolute atomic E-state index is 12.7. The van der Waals surface area contributed by atoms with Gasteiger partial charge in [-0.1, -0.05) is 18.2 Å². The number of carbonyl (C=O) groups is 1. The average Bonchev–Trinajstić information content (AvgIpc) is 3.06. The summed E-state index contributed by atoms with van der Waals surface area (Å²) in [4.78, 5) is 14.4. The maximum atomic E-state index is 12.7. The lowest BCUT2D eigenvalue weighted by Crippen LogP contribution is -2.32. The highest BCUT2D eigenvalue weighted by molar-refractivity contribution is 5.95. The van der Waals surface area contributed by atoms with Gasteiger partial charge in [-0.3, -0.25) is 9.48 Å². The number of hydrogen-bond donors (Lipinski definition) is 0. The highest BCUT2D eigenvalue weighted by Crippen LogP contribution is 2.31. The lowest BCUT2D eigenvalue weighted by atomic mass is 10.0. The first-order valence-electron chi connectivity index (χ1n) is 8.77. The minimum Gasteiger partial charge on any atom is -0.497 e. The van der Waals surface area contributed by atoms with Gasteiger partial charge in [0.05, 0.1) is 26.5 Å². The molecule has 0 N–H and O–H groups in total. The summed E-state index contributed by atoms with van der Waals surface area (Å²) in [7, 11) is 3.53. The van der Waals surface area contributed by atoms with E-state index in [9.17, 15) is 4.79 Å². The van der Waals surface area contributed by atoms with Gasteiger partial charge in [0.25, 0.3) is 5.91 Å². The van der Waals surface area contributed by atoms with Crippen LogP contribution < -0.4 is 9.64 Å². The van der Waals surface area contributed by atoms with E-state index in [0.29, 0.717) is 13.2 Å². The molecule has 0 radical (unpaired) electrons. The zero-order valence-corrected chi connectivity index (χ0v) is 15.4. The van der Waals surface area contributed by atoms with E-state index < -0.39 is 0 Å². The second kappa shape index (κ2) is 7.25. The van der Waals surface area contributed by atoms with E-state index in [4.69, 9.17) is 9.47 Å². The Morgan fingerprint density at radius 1 is 1.15 bits per heavy atom. The molecule has 1 aromatic heterocycles. The van der Waals surface area contributed by atoms with E-state index in [1.54, 1.807) is 16.7 Å². The molecule has 0 unspecified atom stereocenters. The molecule has 138 valence electrons. The first-order chi connectivity index (χ1) is 13.1. The monoisotopic (exact) mass is 363 g/mol. The van der Waals surface area contributed by atoms with Crippen molar-refractivity contribution < 1.29 is 14.3 Å². The van der Waals surface area contributed by atoms with Crippen molar-refractivity contribution in [2.75, 3.05) is 18.6 Å². The fourth-order valence-electron chi connectivity index (χ4n) is 3.30. The standard InChI is InChI=1S/C21H21N3O3/c1-23-12-18(10-22-23)16-6-7-20-17(9-16)13-27-14-21(25)24(20)11-15-4-3-5-19(8-15)26-2/h3-10,12H,11,13-14H2,1-2H3. The van der Waals surface area contributed by atoms with Gasteiger partial charge < -0.3 is 14.4 Å². The zero-order valence-electron chi connectivity index (χ0n) is 15.4. The summed E-state index contributed by atoms with van der Waals surface area (Å²) in [6.45, 7) is 0.948. The molecule has 27 heavy (non-hydrogen) atoms. The van der Waals surface area contributed by atoms with Crippen LogP contribution in [0.3, 0.4) is 0 Å². The number of amides is 1. The molecular weight excluding hydrogens is 342 g/mol. The van der Waals surface area contributed by atoms with Gasteiger partial charge in [0.2, 0.25) is 0 Å². The van der Waals surface area contributed by atoms with E-state index in [1.807, 2.05) is 55.8 Å². The Bertz CT molecular complexity index is 980. The number of nitrogens with zero attached hydrogens (tertiary/aromatic N) is 3. The number of aryl methyl sites for hydroxylation is 1. The van der Waals surface area contributed by atoms with Crippen LogP contribution in [0.1, 0.15) is 11.1 Å². The van der Waals surface area contributed by atoms with Gasteiger partial charge in [-0.2, -0.15) is 5.10 Å². The molecule has 1 aliphatic rings. The van der Waals surface area contributed by atoms with Crippen molar-refractivity contribution in [2.45, 2.75) is 13.2 Å². The van der Waals surface area contributed by atoms with Gasteiger partial charge in [0.15, 0.2) is 0 Å². The topological polar surface area (TPSA) is 56.6 Å². The average molecular weight is 363 g/mol. The number of anilines is 1. The van der Waals surface area contributed by atoms with E-state index in [-0.39, 0.29) is 12.5 Å². The van der Waals surface area contributed by atoms with Crippen LogP contribution in [0.5, 0.6) is 5.75 Å². The Balaban J connectivity index is 1.69. The van der Waals surface area contributed by atoms with Gasteiger partial charge in [0, 0.05) is 30.1 Å². The molecule has 0 saturated heterocycles. The number of methoxy groups -OCH3 is 1. The molecule has 4 rings (SSSR count). The summed E-state index contributed by atoms with van der Waals surface area (Å²) in [6.07, 6.45) is 3.80. The summed E-state index contributed by atoms with van der Waals surface area (Å²) >= 11 is 0. The third-order valence-electron chi connectivity index (χ3n) is 4.67. The van der Waals surface area contributed by atoms with Crippen molar-refractivity contribution in [3.05, 3.63) is 66.0 Å². The molecule has 6 heteroatoms. The Hall–Kier alpha value is -3.12. The number of rotatable bonds is 4. The van der Waals surface area contributed by atoms with Crippen molar-refractivity contribution in [3.63, 3.8) is 0 Å². The fourth-order valence-corrected chi connectivity index (χ4v) is 3.30. The Morgan fingerprint density at radius 3 is 2.81 bits per heavy atom. The van der Waals surface area contributed by atoms with E-state index in [0.717, 1.165) is 33.7 Å². The largest absolute Gasteiger partial charge is 0.497 e. The normalized spacial score (nSPS) is 14.0. The predicted molar refractivity (Wildman–Crippen MR) is 102 cm³/mol. The van der Waals surface area contributed by atoms with Crippen molar-refractivity contribution in [1.29, 1.82) is 0 Å². The molecule has 0 fully saturated rings. The van der Waals surface area contributed by atoms with Gasteiger partial charge in [0.1, 0.15) is 12.4 Å². The van der Waals surface area contributed by atoms with Crippen LogP contribution in [0.2, 0.25) is 0 Å². The molecule has 2 aromatic carbocycles. The summed E-state index contributed by atoms with van der Waals surface area (Å²) in [6, 6.07) is 13.8. The predicted octanol–water partition coefficient (Wildman–Crippen LogP) is 3.16. The number of aromatic nitrogens is 2. The second-order valence-corrected chi connectivity index (χ2v) is 6.57. The highest BCUT2D eigenvalue weighted by atomic mass is 16.5. The van der Waals surface area contributed by atoms with Crippen LogP contribution in [0, 0.1) is 0 Å². The van der Waals surface area contributed by atoms with Gasteiger partial charge >= 0.3 is 0 Å². The number of ether oxygens (including phenoxy) is 2. The van der Waals surface area contributed by atoms with Crippen LogP contribution in [0.4, 0.5) is 5.69 Å². The molecule has 3 aromatic rings. The smallest absolute Gasteiger partial charge is 0.253 e. The molecule has 0 atom stereocenters. The highest BCUT2D eigenvalue weighted by Gasteiger charge is 2.23. The molecule has 0 aliphatic carbocycles. The first-order valence-corrected chi connectivity index (χ1v) is 8.77. The SMILES string of the molecule is COc1cccc(CN2C(=O)COCc3cc(-c4cnn(C)c4)ccc32)c1. The van der Waals surface area contributed by atoms with E-state index in [1.165, 1.54) is 0 Å². The van der Waals surface area contributed by atoms with E-state index in [2.05, 4.69) is 11.2 Å². The van der Waals surface area contributed by atoms with Crippen molar-refractivity contribution in [3.8, 4) is 16.9 Å².